The Balaban J connectivity index is 2.73. The van der Waals surface area contributed by atoms with Crippen molar-refractivity contribution in [1.29, 1.82) is 0 Å². The molecular formula is C14H22O2S2. The van der Waals surface area contributed by atoms with Gasteiger partial charge in [-0.05, 0) is 24.0 Å². The van der Waals surface area contributed by atoms with Gasteiger partial charge in [0.2, 0.25) is 0 Å². The molecule has 0 saturated heterocycles. The molecule has 102 valence electrons. The molecule has 2 unspecified atom stereocenters. The van der Waals surface area contributed by atoms with Gasteiger partial charge in [-0.1, -0.05) is 38.1 Å². The molecule has 0 saturated carbocycles. The van der Waals surface area contributed by atoms with Crippen molar-refractivity contribution in [1.82, 2.24) is 0 Å². The third kappa shape index (κ3) is 5.44. The Morgan fingerprint density at radius 1 is 0.833 bits per heavy atom. The van der Waals surface area contributed by atoms with Crippen LogP contribution in [0.25, 0.3) is 0 Å². The van der Waals surface area contributed by atoms with Crippen molar-refractivity contribution in [3.63, 3.8) is 0 Å². The predicted octanol–water partition coefficient (Wildman–Crippen LogP) is 3.00. The summed E-state index contributed by atoms with van der Waals surface area (Å²) in [6.45, 7) is 4.08. The van der Waals surface area contributed by atoms with Crippen LogP contribution in [0.4, 0.5) is 0 Å². The van der Waals surface area contributed by atoms with E-state index in [1.165, 1.54) is 0 Å². The molecule has 0 spiro atoms. The summed E-state index contributed by atoms with van der Waals surface area (Å²) in [5.74, 6) is 2.67. The summed E-state index contributed by atoms with van der Waals surface area (Å²) in [6, 6.07) is 7.94. The SMILES string of the molecule is CCCS(=O)Cc1ccccc1CS(=O)CCC. The maximum Gasteiger partial charge on any atom is 0.0488 e. The van der Waals surface area contributed by atoms with Crippen LogP contribution in [-0.4, -0.2) is 19.9 Å². The first-order valence-electron chi connectivity index (χ1n) is 6.44. The van der Waals surface area contributed by atoms with Crippen LogP contribution in [0.2, 0.25) is 0 Å². The van der Waals surface area contributed by atoms with Crippen molar-refractivity contribution in [2.45, 2.75) is 38.2 Å². The van der Waals surface area contributed by atoms with E-state index in [1.807, 2.05) is 38.1 Å². The molecule has 0 aliphatic heterocycles. The highest BCUT2D eigenvalue weighted by atomic mass is 32.2. The zero-order valence-electron chi connectivity index (χ0n) is 11.2. The predicted molar refractivity (Wildman–Crippen MR) is 80.5 cm³/mol. The van der Waals surface area contributed by atoms with Gasteiger partial charge in [-0.25, -0.2) is 0 Å². The number of benzene rings is 1. The summed E-state index contributed by atoms with van der Waals surface area (Å²) in [4.78, 5) is 0. The number of hydrogen-bond acceptors (Lipinski definition) is 2. The zero-order chi connectivity index (χ0) is 13.4. The van der Waals surface area contributed by atoms with E-state index in [4.69, 9.17) is 0 Å². The maximum atomic E-state index is 11.8. The first-order chi connectivity index (χ1) is 8.67. The quantitative estimate of drug-likeness (QED) is 0.736. The third-order valence-electron chi connectivity index (χ3n) is 2.61. The molecule has 2 nitrogen and oxygen atoms in total. The van der Waals surface area contributed by atoms with Crippen LogP contribution < -0.4 is 0 Å². The van der Waals surface area contributed by atoms with Gasteiger partial charge < -0.3 is 0 Å². The van der Waals surface area contributed by atoms with Gasteiger partial charge in [0.1, 0.15) is 0 Å². The molecule has 0 heterocycles. The Kier molecular flexibility index (Phi) is 7.44. The normalized spacial score (nSPS) is 14.3. The van der Waals surface area contributed by atoms with Crippen molar-refractivity contribution in [2.75, 3.05) is 11.5 Å². The topological polar surface area (TPSA) is 34.1 Å². The third-order valence-corrected chi connectivity index (χ3v) is 5.61. The summed E-state index contributed by atoms with van der Waals surface area (Å²) in [5, 5.41) is 0. The molecule has 1 aromatic rings. The highest BCUT2D eigenvalue weighted by Gasteiger charge is 2.08. The lowest BCUT2D eigenvalue weighted by Gasteiger charge is -2.09. The van der Waals surface area contributed by atoms with Crippen LogP contribution in [0.15, 0.2) is 24.3 Å². The van der Waals surface area contributed by atoms with E-state index in [0.717, 1.165) is 35.5 Å². The second-order valence-corrected chi connectivity index (χ2v) is 7.50. The molecule has 0 radical (unpaired) electrons. The average molecular weight is 286 g/mol. The van der Waals surface area contributed by atoms with Crippen LogP contribution in [-0.2, 0) is 33.1 Å². The Labute approximate surface area is 115 Å². The van der Waals surface area contributed by atoms with Crippen LogP contribution in [0.3, 0.4) is 0 Å². The molecule has 0 fully saturated rings. The van der Waals surface area contributed by atoms with Gasteiger partial charge in [0.05, 0.1) is 0 Å². The largest absolute Gasteiger partial charge is 0.259 e. The van der Waals surface area contributed by atoms with E-state index >= 15 is 0 Å². The van der Waals surface area contributed by atoms with Gasteiger partial charge in [0.25, 0.3) is 0 Å². The maximum absolute atomic E-state index is 11.8. The molecule has 0 aliphatic carbocycles. The number of rotatable bonds is 8. The Morgan fingerprint density at radius 3 is 1.56 bits per heavy atom. The molecule has 1 rings (SSSR count). The van der Waals surface area contributed by atoms with Gasteiger partial charge in [-0.3, -0.25) is 8.42 Å². The van der Waals surface area contributed by atoms with Gasteiger partial charge >= 0.3 is 0 Å². The first-order valence-corrected chi connectivity index (χ1v) is 9.41. The average Bonchev–Trinajstić information content (AvgIpc) is 2.32. The monoisotopic (exact) mass is 286 g/mol. The van der Waals surface area contributed by atoms with Crippen molar-refractivity contribution < 1.29 is 8.42 Å². The molecule has 2 atom stereocenters. The van der Waals surface area contributed by atoms with Crippen LogP contribution >= 0.6 is 0 Å². The molecular weight excluding hydrogens is 264 g/mol. The van der Waals surface area contributed by atoms with Gasteiger partial charge in [-0.2, -0.15) is 0 Å². The Hall–Kier alpha value is -0.480. The molecule has 0 amide bonds. The van der Waals surface area contributed by atoms with Gasteiger partial charge in [-0.15, -0.1) is 0 Å². The fraction of sp³-hybridized carbons (Fsp3) is 0.571. The summed E-state index contributed by atoms with van der Waals surface area (Å²) < 4.78 is 23.6. The van der Waals surface area contributed by atoms with E-state index in [0.29, 0.717) is 11.5 Å². The zero-order valence-corrected chi connectivity index (χ0v) is 12.8. The summed E-state index contributed by atoms with van der Waals surface area (Å²) in [7, 11) is -1.60. The van der Waals surface area contributed by atoms with E-state index in [2.05, 4.69) is 0 Å². The smallest absolute Gasteiger partial charge is 0.0488 e. The summed E-state index contributed by atoms with van der Waals surface area (Å²) >= 11 is 0. The van der Waals surface area contributed by atoms with Crippen LogP contribution in [0, 0.1) is 0 Å². The van der Waals surface area contributed by atoms with Crippen molar-refractivity contribution in [3.05, 3.63) is 35.4 Å². The molecule has 0 bridgehead atoms. The van der Waals surface area contributed by atoms with Crippen molar-refractivity contribution in [3.8, 4) is 0 Å². The second-order valence-electron chi connectivity index (χ2n) is 4.35. The minimum atomic E-state index is -0.799. The minimum absolute atomic E-state index is 0.591. The van der Waals surface area contributed by atoms with E-state index in [1.54, 1.807) is 0 Å². The van der Waals surface area contributed by atoms with E-state index < -0.39 is 21.6 Å². The molecule has 0 aliphatic rings. The standard InChI is InChI=1S/C14H22O2S2/c1-3-9-17(15)11-13-7-5-6-8-14(13)12-18(16)10-4-2/h5-8H,3-4,9-12H2,1-2H3. The van der Waals surface area contributed by atoms with Crippen molar-refractivity contribution >= 4 is 21.6 Å². The second kappa shape index (κ2) is 8.59. The summed E-state index contributed by atoms with van der Waals surface area (Å²) in [6.07, 6.45) is 1.88. The van der Waals surface area contributed by atoms with Gasteiger partial charge in [0.15, 0.2) is 0 Å². The fourth-order valence-corrected chi connectivity index (χ4v) is 4.24. The Morgan fingerprint density at radius 2 is 1.22 bits per heavy atom. The molecule has 18 heavy (non-hydrogen) atoms. The van der Waals surface area contributed by atoms with Gasteiger partial charge in [0, 0.05) is 44.6 Å². The lowest BCUT2D eigenvalue weighted by Crippen LogP contribution is -2.06. The first kappa shape index (κ1) is 15.6. The summed E-state index contributed by atoms with van der Waals surface area (Å²) in [5.41, 5.74) is 2.18. The van der Waals surface area contributed by atoms with E-state index in [9.17, 15) is 8.42 Å². The molecule has 0 aromatic heterocycles. The lowest BCUT2D eigenvalue weighted by molar-refractivity contribution is 0.679. The van der Waals surface area contributed by atoms with E-state index in [-0.39, 0.29) is 0 Å². The van der Waals surface area contributed by atoms with Crippen LogP contribution in [0.5, 0.6) is 0 Å². The Bertz CT molecular complexity index is 377. The highest BCUT2D eigenvalue weighted by Crippen LogP contribution is 2.14. The fourth-order valence-electron chi connectivity index (χ4n) is 1.79. The highest BCUT2D eigenvalue weighted by molar-refractivity contribution is 7.84. The van der Waals surface area contributed by atoms with Crippen molar-refractivity contribution in [2.24, 2.45) is 0 Å². The number of hydrogen-bond donors (Lipinski definition) is 0. The molecule has 1 aromatic carbocycles. The minimum Gasteiger partial charge on any atom is -0.259 e. The molecule has 4 heteroatoms. The molecule has 0 N–H and O–H groups in total. The van der Waals surface area contributed by atoms with Crippen LogP contribution in [0.1, 0.15) is 37.8 Å². The lowest BCUT2D eigenvalue weighted by atomic mass is 10.1.